The van der Waals surface area contributed by atoms with Crippen molar-refractivity contribution in [3.05, 3.63) is 47.7 Å². The van der Waals surface area contributed by atoms with Crippen LogP contribution >= 0.6 is 11.8 Å². The fourth-order valence-corrected chi connectivity index (χ4v) is 3.29. The largest absolute Gasteiger partial charge is 0.469 e. The van der Waals surface area contributed by atoms with Crippen molar-refractivity contribution in [1.29, 1.82) is 0 Å². The Kier molecular flexibility index (Phi) is 7.73. The Labute approximate surface area is 175 Å². The van der Waals surface area contributed by atoms with Gasteiger partial charge in [-0.1, -0.05) is 30.3 Å². The number of rotatable bonds is 8. The van der Waals surface area contributed by atoms with E-state index in [2.05, 4.69) is 10.6 Å². The number of carbonyl (C=O) groups excluding carboxylic acids is 3. The van der Waals surface area contributed by atoms with Gasteiger partial charge in [-0.05, 0) is 27.7 Å². The molecule has 1 aliphatic rings. The molecular formula is C21H28N2O5S. The lowest BCUT2D eigenvalue weighted by Gasteiger charge is -2.23. The van der Waals surface area contributed by atoms with Crippen LogP contribution in [0.15, 0.2) is 42.2 Å². The molecule has 29 heavy (non-hydrogen) atoms. The van der Waals surface area contributed by atoms with Crippen molar-refractivity contribution in [1.82, 2.24) is 10.6 Å². The van der Waals surface area contributed by atoms with Crippen LogP contribution in [0.2, 0.25) is 0 Å². The van der Waals surface area contributed by atoms with Crippen molar-refractivity contribution in [3.63, 3.8) is 0 Å². The lowest BCUT2D eigenvalue weighted by Crippen LogP contribution is -2.34. The van der Waals surface area contributed by atoms with Gasteiger partial charge in [0.05, 0.1) is 0 Å². The Bertz CT molecular complexity index is 773. The van der Waals surface area contributed by atoms with E-state index >= 15 is 0 Å². The van der Waals surface area contributed by atoms with Gasteiger partial charge < -0.3 is 20.1 Å². The molecule has 7 nitrogen and oxygen atoms in total. The number of ether oxygens (including phenoxy) is 2. The van der Waals surface area contributed by atoms with Gasteiger partial charge in [0.2, 0.25) is 5.78 Å². The van der Waals surface area contributed by atoms with Gasteiger partial charge >= 0.3 is 6.09 Å². The summed E-state index contributed by atoms with van der Waals surface area (Å²) in [5.41, 5.74) is -0.982. The molecule has 0 saturated heterocycles. The number of hydrogen-bond donors (Lipinski definition) is 2. The van der Waals surface area contributed by atoms with Crippen molar-refractivity contribution in [2.75, 3.05) is 24.6 Å². The van der Waals surface area contributed by atoms with Crippen LogP contribution in [-0.4, -0.2) is 48.0 Å². The second kappa shape index (κ2) is 9.82. The van der Waals surface area contributed by atoms with Crippen LogP contribution in [0.4, 0.5) is 4.79 Å². The first-order chi connectivity index (χ1) is 13.6. The van der Waals surface area contributed by atoms with Gasteiger partial charge in [0.1, 0.15) is 5.60 Å². The van der Waals surface area contributed by atoms with E-state index in [-0.39, 0.29) is 11.5 Å². The molecule has 0 bridgehead atoms. The summed E-state index contributed by atoms with van der Waals surface area (Å²) in [7, 11) is 0. The molecule has 0 spiro atoms. The quantitative estimate of drug-likeness (QED) is 0.628. The summed E-state index contributed by atoms with van der Waals surface area (Å²) >= 11 is 1.58. The van der Waals surface area contributed by atoms with Crippen LogP contribution in [0.3, 0.4) is 0 Å². The molecule has 0 fully saturated rings. The molecule has 0 saturated carbocycles. The van der Waals surface area contributed by atoms with E-state index in [1.807, 2.05) is 39.0 Å². The molecule has 158 valence electrons. The minimum absolute atomic E-state index is 0.0259. The maximum absolute atomic E-state index is 12.4. The summed E-state index contributed by atoms with van der Waals surface area (Å²) in [5, 5.41) is 5.42. The molecule has 0 aromatic heterocycles. The van der Waals surface area contributed by atoms with Crippen molar-refractivity contribution in [3.8, 4) is 0 Å². The van der Waals surface area contributed by atoms with Crippen molar-refractivity contribution < 1.29 is 23.9 Å². The predicted molar refractivity (Wildman–Crippen MR) is 113 cm³/mol. The number of benzene rings is 1. The molecule has 8 heteroatoms. The van der Waals surface area contributed by atoms with E-state index in [1.165, 1.54) is 6.08 Å². The van der Waals surface area contributed by atoms with Gasteiger partial charge in [-0.15, -0.1) is 0 Å². The van der Waals surface area contributed by atoms with Gasteiger partial charge in [0.25, 0.3) is 5.91 Å². The molecule has 1 unspecified atom stereocenters. The van der Waals surface area contributed by atoms with Crippen LogP contribution < -0.4 is 10.6 Å². The number of carbonyl (C=O) groups is 3. The lowest BCUT2D eigenvalue weighted by atomic mass is 9.92. The van der Waals surface area contributed by atoms with Gasteiger partial charge in [-0.2, -0.15) is 11.8 Å². The third-order valence-corrected chi connectivity index (χ3v) is 5.03. The zero-order chi connectivity index (χ0) is 21.5. The van der Waals surface area contributed by atoms with E-state index in [0.29, 0.717) is 30.2 Å². The maximum Gasteiger partial charge on any atom is 0.407 e. The van der Waals surface area contributed by atoms with Crippen LogP contribution in [0.5, 0.6) is 0 Å². The standard InChI is InChI=1S/C21H28N2O5S/c1-20(2,3)28-19(26)23-11-13-29-12-10-22-18(25)16-14-17(24)21(4,27-16)15-8-6-5-7-9-15/h5-9,14H,10-13H2,1-4H3,(H,22,25)(H,23,26). The highest BCUT2D eigenvalue weighted by Crippen LogP contribution is 2.34. The number of thioether (sulfide) groups is 1. The van der Waals surface area contributed by atoms with Crippen LogP contribution in [0.25, 0.3) is 0 Å². The number of nitrogens with one attached hydrogen (secondary N) is 2. The highest BCUT2D eigenvalue weighted by molar-refractivity contribution is 7.99. The van der Waals surface area contributed by atoms with E-state index < -0.39 is 23.2 Å². The second-order valence-corrected chi connectivity index (χ2v) is 8.90. The van der Waals surface area contributed by atoms with Crippen LogP contribution in [-0.2, 0) is 24.7 Å². The molecule has 0 radical (unpaired) electrons. The van der Waals surface area contributed by atoms with E-state index in [1.54, 1.807) is 30.8 Å². The smallest absolute Gasteiger partial charge is 0.407 e. The fraction of sp³-hybridized carbons (Fsp3) is 0.476. The van der Waals surface area contributed by atoms with E-state index in [4.69, 9.17) is 9.47 Å². The summed E-state index contributed by atoms with van der Waals surface area (Å²) in [6.07, 6.45) is 0.808. The Hall–Kier alpha value is -2.48. The first-order valence-corrected chi connectivity index (χ1v) is 10.6. The van der Waals surface area contributed by atoms with Gasteiger partial charge in [0, 0.05) is 36.2 Å². The van der Waals surface area contributed by atoms with Gasteiger partial charge in [0.15, 0.2) is 11.4 Å². The summed E-state index contributed by atoms with van der Waals surface area (Å²) in [4.78, 5) is 36.2. The molecule has 1 atom stereocenters. The zero-order valence-electron chi connectivity index (χ0n) is 17.2. The van der Waals surface area contributed by atoms with Gasteiger partial charge in [-0.25, -0.2) is 4.79 Å². The normalized spacial score (nSPS) is 18.6. The minimum atomic E-state index is -1.17. The molecule has 1 aromatic rings. The maximum atomic E-state index is 12.4. The third kappa shape index (κ3) is 6.81. The van der Waals surface area contributed by atoms with Gasteiger partial charge in [-0.3, -0.25) is 9.59 Å². The lowest BCUT2D eigenvalue weighted by molar-refractivity contribution is -0.132. The molecule has 2 amide bonds. The van der Waals surface area contributed by atoms with Crippen LogP contribution in [0.1, 0.15) is 33.3 Å². The molecule has 2 N–H and O–H groups in total. The number of ketones is 1. The SMILES string of the molecule is CC(C)(C)OC(=O)NCCSCCNC(=O)C1=CC(=O)C(C)(c2ccccc2)O1. The van der Waals surface area contributed by atoms with E-state index in [9.17, 15) is 14.4 Å². The predicted octanol–water partition coefficient (Wildman–Crippen LogP) is 2.76. The van der Waals surface area contributed by atoms with Crippen molar-refractivity contribution >= 4 is 29.5 Å². The number of alkyl carbamates (subject to hydrolysis) is 1. The average Bonchev–Trinajstić information content (AvgIpc) is 2.96. The number of amides is 2. The Morgan fingerprint density at radius 3 is 2.34 bits per heavy atom. The molecule has 1 heterocycles. The highest BCUT2D eigenvalue weighted by Gasteiger charge is 2.43. The van der Waals surface area contributed by atoms with E-state index in [0.717, 1.165) is 0 Å². The highest BCUT2D eigenvalue weighted by atomic mass is 32.2. The summed E-state index contributed by atoms with van der Waals surface area (Å²) < 4.78 is 10.8. The first kappa shape index (κ1) is 22.8. The molecule has 1 aliphatic heterocycles. The first-order valence-electron chi connectivity index (χ1n) is 9.45. The third-order valence-electron chi connectivity index (χ3n) is 4.04. The minimum Gasteiger partial charge on any atom is -0.469 e. The summed E-state index contributed by atoms with van der Waals surface area (Å²) in [6, 6.07) is 9.10. The topological polar surface area (TPSA) is 93.7 Å². The monoisotopic (exact) mass is 420 g/mol. The Morgan fingerprint density at radius 1 is 1.10 bits per heavy atom. The fourth-order valence-electron chi connectivity index (χ4n) is 2.59. The average molecular weight is 421 g/mol. The Morgan fingerprint density at radius 2 is 1.72 bits per heavy atom. The Balaban J connectivity index is 1.66. The zero-order valence-corrected chi connectivity index (χ0v) is 18.1. The molecular weight excluding hydrogens is 392 g/mol. The van der Waals surface area contributed by atoms with Crippen molar-refractivity contribution in [2.24, 2.45) is 0 Å². The molecule has 1 aromatic carbocycles. The molecule has 0 aliphatic carbocycles. The summed E-state index contributed by atoms with van der Waals surface area (Å²) in [6.45, 7) is 7.99. The summed E-state index contributed by atoms with van der Waals surface area (Å²) in [5.74, 6) is 0.720. The van der Waals surface area contributed by atoms with Crippen molar-refractivity contribution in [2.45, 2.75) is 38.9 Å². The number of hydrogen-bond acceptors (Lipinski definition) is 6. The molecule has 2 rings (SSSR count). The van der Waals surface area contributed by atoms with Crippen LogP contribution in [0, 0.1) is 0 Å². The second-order valence-electron chi connectivity index (χ2n) is 7.67.